The lowest BCUT2D eigenvalue weighted by Gasteiger charge is -2.25. The van der Waals surface area contributed by atoms with Crippen LogP contribution < -0.4 is 9.73 Å². The van der Waals surface area contributed by atoms with E-state index in [0.29, 0.717) is 16.3 Å². The topological polar surface area (TPSA) is 78.8 Å². The van der Waals surface area contributed by atoms with Crippen molar-refractivity contribution >= 4 is 38.9 Å². The number of rotatable bonds is 6. The van der Waals surface area contributed by atoms with Crippen molar-refractivity contribution in [2.75, 3.05) is 10.8 Å². The summed E-state index contributed by atoms with van der Waals surface area (Å²) in [5, 5.41) is 4.87. The van der Waals surface area contributed by atoms with Crippen LogP contribution in [0.1, 0.15) is 81.8 Å². The van der Waals surface area contributed by atoms with E-state index in [1.165, 1.54) is 44.9 Å². The number of sulfonamides is 1. The van der Waals surface area contributed by atoms with Crippen LogP contribution in [0.15, 0.2) is 52.5 Å². The molecule has 0 saturated heterocycles. The molecule has 0 aliphatic heterocycles. The maximum Gasteiger partial charge on any atom is 0.264 e. The third kappa shape index (κ3) is 8.07. The van der Waals surface area contributed by atoms with Crippen LogP contribution in [0.3, 0.4) is 0 Å². The number of aryl methyl sites for hydroxylation is 1. The second-order valence-corrected chi connectivity index (χ2v) is 11.9. The van der Waals surface area contributed by atoms with Gasteiger partial charge in [-0.05, 0) is 69.4 Å². The van der Waals surface area contributed by atoms with Gasteiger partial charge in [-0.1, -0.05) is 80.3 Å². The van der Waals surface area contributed by atoms with Gasteiger partial charge >= 0.3 is 0 Å². The third-order valence-electron chi connectivity index (χ3n) is 6.67. The molecule has 0 radical (unpaired) electrons. The number of carbonyl (C=O) groups is 1. The average molecular weight is 532 g/mol. The molecule has 0 atom stereocenters. The Morgan fingerprint density at radius 2 is 1.44 bits per heavy atom. The van der Waals surface area contributed by atoms with Crippen molar-refractivity contribution in [2.45, 2.75) is 89.4 Å². The highest BCUT2D eigenvalue weighted by Gasteiger charge is 2.28. The van der Waals surface area contributed by atoms with Gasteiger partial charge < -0.3 is 0 Å². The zero-order valence-electron chi connectivity index (χ0n) is 21.4. The number of hydrogen-bond acceptors (Lipinski definition) is 4. The van der Waals surface area contributed by atoms with Crippen LogP contribution in [-0.4, -0.2) is 26.6 Å². The van der Waals surface area contributed by atoms with E-state index < -0.39 is 22.5 Å². The lowest BCUT2D eigenvalue weighted by Crippen LogP contribution is -2.40. The minimum Gasteiger partial charge on any atom is -0.271 e. The van der Waals surface area contributed by atoms with Gasteiger partial charge in [-0.25, -0.2) is 13.8 Å². The zero-order chi connectivity index (χ0) is 26.0. The lowest BCUT2D eigenvalue weighted by molar-refractivity contribution is -0.119. The first-order valence-corrected chi connectivity index (χ1v) is 14.8. The van der Waals surface area contributed by atoms with Gasteiger partial charge in [0.15, 0.2) is 0 Å². The summed E-state index contributed by atoms with van der Waals surface area (Å²) >= 11 is 6.31. The molecule has 196 valence electrons. The zero-order valence-corrected chi connectivity index (χ0v) is 23.0. The first-order chi connectivity index (χ1) is 17.3. The Morgan fingerprint density at radius 1 is 0.889 bits per heavy atom. The molecule has 1 aliphatic rings. The van der Waals surface area contributed by atoms with Crippen molar-refractivity contribution in [1.82, 2.24) is 5.43 Å². The molecule has 36 heavy (non-hydrogen) atoms. The van der Waals surface area contributed by atoms with Crippen LogP contribution in [-0.2, 0) is 14.8 Å². The van der Waals surface area contributed by atoms with Crippen molar-refractivity contribution in [3.05, 3.63) is 58.6 Å². The van der Waals surface area contributed by atoms with Crippen LogP contribution in [0.25, 0.3) is 0 Å². The van der Waals surface area contributed by atoms with Crippen molar-refractivity contribution in [2.24, 2.45) is 5.10 Å². The monoisotopic (exact) mass is 531 g/mol. The van der Waals surface area contributed by atoms with E-state index >= 15 is 0 Å². The Hall–Kier alpha value is -2.38. The summed E-state index contributed by atoms with van der Waals surface area (Å²) in [6.07, 6.45) is 12.6. The van der Waals surface area contributed by atoms with E-state index in [-0.39, 0.29) is 4.90 Å². The highest BCUT2D eigenvalue weighted by Crippen LogP contribution is 2.31. The summed E-state index contributed by atoms with van der Waals surface area (Å²) in [6, 6.07) is 11.6. The lowest BCUT2D eigenvalue weighted by atomic mass is 10.00. The number of nitrogens with zero attached hydrogens (tertiary/aromatic N) is 2. The normalized spacial score (nSPS) is 15.9. The number of nitrogens with one attached hydrogen (secondary N) is 1. The molecule has 1 saturated carbocycles. The number of halogens is 1. The van der Waals surface area contributed by atoms with Gasteiger partial charge in [0.2, 0.25) is 0 Å². The first kappa shape index (κ1) is 28.2. The predicted molar refractivity (Wildman–Crippen MR) is 148 cm³/mol. The predicted octanol–water partition coefficient (Wildman–Crippen LogP) is 6.93. The van der Waals surface area contributed by atoms with E-state index in [2.05, 4.69) is 10.5 Å². The molecule has 1 N–H and O–H groups in total. The highest BCUT2D eigenvalue weighted by molar-refractivity contribution is 7.92. The number of hydrogen-bond donors (Lipinski definition) is 1. The summed E-state index contributed by atoms with van der Waals surface area (Å²) in [4.78, 5) is 13.1. The largest absolute Gasteiger partial charge is 0.271 e. The molecule has 0 spiro atoms. The fourth-order valence-electron chi connectivity index (χ4n) is 4.44. The third-order valence-corrected chi connectivity index (χ3v) is 8.86. The van der Waals surface area contributed by atoms with Crippen LogP contribution in [0.4, 0.5) is 5.69 Å². The second-order valence-electron chi connectivity index (χ2n) is 9.60. The fraction of sp³-hybridized carbons (Fsp3) is 0.500. The standard InChI is InChI=1S/C28H38ClN3O3S/c1-22-17-19-25(20-18-22)36(34,35)32(27-16-12-15-26(29)23(27)2)21-28(33)31-30-24-13-10-8-6-4-3-5-7-9-11-14-24/h12,15-20H,3-11,13-14,21H2,1-2H3,(H,31,33). The summed E-state index contributed by atoms with van der Waals surface area (Å²) in [5.41, 5.74) is 5.54. The molecule has 2 aromatic rings. The van der Waals surface area contributed by atoms with Crippen LogP contribution in [0.2, 0.25) is 5.02 Å². The second kappa shape index (κ2) is 13.8. The van der Waals surface area contributed by atoms with Crippen molar-refractivity contribution in [3.63, 3.8) is 0 Å². The van der Waals surface area contributed by atoms with Gasteiger partial charge in [0.05, 0.1) is 10.6 Å². The van der Waals surface area contributed by atoms with Gasteiger partial charge in [-0.15, -0.1) is 0 Å². The molecule has 6 nitrogen and oxygen atoms in total. The van der Waals surface area contributed by atoms with Crippen LogP contribution in [0, 0.1) is 13.8 Å². The van der Waals surface area contributed by atoms with Gasteiger partial charge in [-0.3, -0.25) is 9.10 Å². The number of anilines is 1. The van der Waals surface area contributed by atoms with Gasteiger partial charge in [-0.2, -0.15) is 5.10 Å². The summed E-state index contributed by atoms with van der Waals surface area (Å²) < 4.78 is 28.4. The Labute approximate surface area is 221 Å². The van der Waals surface area contributed by atoms with Gasteiger partial charge in [0.1, 0.15) is 6.54 Å². The van der Waals surface area contributed by atoms with Crippen molar-refractivity contribution in [1.29, 1.82) is 0 Å². The average Bonchev–Trinajstić information content (AvgIpc) is 2.84. The van der Waals surface area contributed by atoms with E-state index in [4.69, 9.17) is 11.6 Å². The van der Waals surface area contributed by atoms with E-state index in [1.54, 1.807) is 49.4 Å². The molecular weight excluding hydrogens is 494 g/mol. The molecular formula is C28H38ClN3O3S. The minimum absolute atomic E-state index is 0.117. The quantitative estimate of drug-likeness (QED) is 0.410. The molecule has 2 aromatic carbocycles. The van der Waals surface area contributed by atoms with E-state index in [9.17, 15) is 13.2 Å². The molecule has 1 amide bonds. The van der Waals surface area contributed by atoms with Crippen LogP contribution in [0.5, 0.6) is 0 Å². The molecule has 0 unspecified atom stereocenters. The van der Waals surface area contributed by atoms with Gasteiger partial charge in [0, 0.05) is 10.7 Å². The summed E-state index contributed by atoms with van der Waals surface area (Å²) in [6.45, 7) is 3.25. The molecule has 0 bridgehead atoms. The highest BCUT2D eigenvalue weighted by atomic mass is 35.5. The number of benzene rings is 2. The molecule has 0 aromatic heterocycles. The Bertz CT molecular complexity index is 1130. The molecule has 1 aliphatic carbocycles. The Morgan fingerprint density at radius 3 is 2.03 bits per heavy atom. The summed E-state index contributed by atoms with van der Waals surface area (Å²) in [7, 11) is -4.01. The number of carbonyl (C=O) groups excluding carboxylic acids is 1. The molecule has 3 rings (SSSR count). The van der Waals surface area contributed by atoms with E-state index in [0.717, 1.165) is 41.3 Å². The molecule has 0 heterocycles. The maximum absolute atomic E-state index is 13.6. The number of hydrazone groups is 1. The Balaban J connectivity index is 1.80. The first-order valence-electron chi connectivity index (χ1n) is 13.0. The van der Waals surface area contributed by atoms with E-state index in [1.807, 2.05) is 6.92 Å². The minimum atomic E-state index is -4.01. The molecule has 1 fully saturated rings. The SMILES string of the molecule is Cc1ccc(S(=O)(=O)N(CC(=O)NN=C2CCCCCCCCCCC2)c2cccc(Cl)c2C)cc1. The summed E-state index contributed by atoms with van der Waals surface area (Å²) in [5.74, 6) is -0.483. The van der Waals surface area contributed by atoms with Crippen molar-refractivity contribution < 1.29 is 13.2 Å². The smallest absolute Gasteiger partial charge is 0.264 e. The van der Waals surface area contributed by atoms with Gasteiger partial charge in [0.25, 0.3) is 15.9 Å². The van der Waals surface area contributed by atoms with Crippen LogP contribution >= 0.6 is 11.6 Å². The number of amides is 1. The van der Waals surface area contributed by atoms with Crippen molar-refractivity contribution in [3.8, 4) is 0 Å². The molecule has 8 heteroatoms. The Kier molecular flexibility index (Phi) is 10.8. The maximum atomic E-state index is 13.6. The fourth-order valence-corrected chi connectivity index (χ4v) is 6.09.